The lowest BCUT2D eigenvalue weighted by Gasteiger charge is -2.13. The lowest BCUT2D eigenvalue weighted by molar-refractivity contribution is 0.174. The average Bonchev–Trinajstić information content (AvgIpc) is 3.51. The number of hydrogen-bond donors (Lipinski definition) is 0. The highest BCUT2D eigenvalue weighted by molar-refractivity contribution is 7.98. The third-order valence-corrected chi connectivity index (χ3v) is 6.69. The zero-order chi connectivity index (χ0) is 23.9. The van der Waals surface area contributed by atoms with Crippen LogP contribution in [0, 0.1) is 13.8 Å². The van der Waals surface area contributed by atoms with Gasteiger partial charge < -0.3 is 14.0 Å². The van der Waals surface area contributed by atoms with E-state index < -0.39 is 0 Å². The third kappa shape index (κ3) is 3.93. The fourth-order valence-electron chi connectivity index (χ4n) is 4.02. The molecule has 1 aliphatic rings. The minimum Gasteiger partial charge on any atom is -0.454 e. The first kappa shape index (κ1) is 21.4. The normalized spacial score (nSPS) is 12.4. The second kappa shape index (κ2) is 8.59. The summed E-state index contributed by atoms with van der Waals surface area (Å²) in [6.07, 6.45) is 0. The van der Waals surface area contributed by atoms with Crippen LogP contribution in [0.15, 0.2) is 75.1 Å². The molecular weight excluding hydrogens is 464 g/mol. The predicted octanol–water partition coefficient (Wildman–Crippen LogP) is 5.07. The Morgan fingerprint density at radius 3 is 2.63 bits per heavy atom. The summed E-state index contributed by atoms with van der Waals surface area (Å²) >= 11 is 1.36. The summed E-state index contributed by atoms with van der Waals surface area (Å²) < 4.78 is 18.1. The molecule has 174 valence electrons. The number of aromatic nitrogens is 4. The van der Waals surface area contributed by atoms with Crippen molar-refractivity contribution in [3.8, 4) is 28.6 Å². The molecule has 0 saturated carbocycles. The highest BCUT2D eigenvalue weighted by Crippen LogP contribution is 2.35. The molecule has 0 radical (unpaired) electrons. The summed E-state index contributed by atoms with van der Waals surface area (Å²) in [6.45, 7) is 4.12. The van der Waals surface area contributed by atoms with Crippen LogP contribution in [0.3, 0.4) is 0 Å². The molecule has 0 amide bonds. The predicted molar refractivity (Wildman–Crippen MR) is 132 cm³/mol. The van der Waals surface area contributed by atoms with Crippen molar-refractivity contribution >= 4 is 22.7 Å². The molecule has 0 N–H and O–H groups in total. The van der Waals surface area contributed by atoms with Crippen molar-refractivity contribution < 1.29 is 14.0 Å². The van der Waals surface area contributed by atoms with Gasteiger partial charge in [-0.1, -0.05) is 53.3 Å². The van der Waals surface area contributed by atoms with Gasteiger partial charge in [-0.15, -0.1) is 0 Å². The Hall–Kier alpha value is -4.11. The van der Waals surface area contributed by atoms with E-state index in [-0.39, 0.29) is 12.4 Å². The Kier molecular flexibility index (Phi) is 5.26. The van der Waals surface area contributed by atoms with Gasteiger partial charge in [-0.25, -0.2) is 4.98 Å². The van der Waals surface area contributed by atoms with Gasteiger partial charge in [-0.05, 0) is 43.2 Å². The van der Waals surface area contributed by atoms with E-state index in [0.717, 1.165) is 22.4 Å². The summed E-state index contributed by atoms with van der Waals surface area (Å²) in [6, 6.07) is 19.1. The van der Waals surface area contributed by atoms with Crippen molar-refractivity contribution in [3.05, 3.63) is 88.0 Å². The average molecular weight is 485 g/mol. The Bertz CT molecular complexity index is 1640. The SMILES string of the molecule is Cc1cccc(-n2c(SCc3nc(-c4ccccc4C)no3)nc3cc4c(cc3c2=O)OCO4)c1. The van der Waals surface area contributed by atoms with Crippen LogP contribution >= 0.6 is 11.8 Å². The van der Waals surface area contributed by atoms with Gasteiger partial charge in [-0.2, -0.15) is 4.98 Å². The molecule has 5 aromatic rings. The molecule has 3 aromatic carbocycles. The Balaban J connectivity index is 1.41. The molecule has 0 bridgehead atoms. The number of thioether (sulfide) groups is 1. The second-order valence-corrected chi connectivity index (χ2v) is 9.15. The smallest absolute Gasteiger partial charge is 0.266 e. The standard InChI is InChI=1S/C26H20N4O4S/c1-15-6-5-8-17(10-15)30-25(31)19-11-21-22(33-14-32-21)12-20(19)27-26(30)35-13-23-28-24(29-34-23)18-9-4-3-7-16(18)2/h3-12H,13-14H2,1-2H3. The van der Waals surface area contributed by atoms with E-state index in [1.54, 1.807) is 16.7 Å². The van der Waals surface area contributed by atoms with E-state index in [2.05, 4.69) is 10.1 Å². The number of fused-ring (bicyclic) bond motifs is 2. The van der Waals surface area contributed by atoms with Crippen LogP contribution in [-0.2, 0) is 5.75 Å². The van der Waals surface area contributed by atoms with Gasteiger partial charge in [0.15, 0.2) is 16.7 Å². The number of aryl methyl sites for hydroxylation is 2. The highest BCUT2D eigenvalue weighted by atomic mass is 32.2. The van der Waals surface area contributed by atoms with E-state index in [9.17, 15) is 4.79 Å². The van der Waals surface area contributed by atoms with Gasteiger partial charge in [0.2, 0.25) is 18.5 Å². The van der Waals surface area contributed by atoms with E-state index in [1.165, 1.54) is 11.8 Å². The molecule has 0 atom stereocenters. The monoisotopic (exact) mass is 484 g/mol. The second-order valence-electron chi connectivity index (χ2n) is 8.21. The Labute approximate surface area is 204 Å². The number of rotatable bonds is 5. The van der Waals surface area contributed by atoms with Gasteiger partial charge in [0.1, 0.15) is 0 Å². The fourth-order valence-corrected chi connectivity index (χ4v) is 4.87. The first-order chi connectivity index (χ1) is 17.1. The summed E-state index contributed by atoms with van der Waals surface area (Å²) in [5.41, 5.74) is 4.11. The van der Waals surface area contributed by atoms with Gasteiger partial charge in [0, 0.05) is 11.6 Å². The third-order valence-electron chi connectivity index (χ3n) is 5.77. The molecular formula is C26H20N4O4S. The van der Waals surface area contributed by atoms with Gasteiger partial charge >= 0.3 is 0 Å². The lowest BCUT2D eigenvalue weighted by atomic mass is 10.1. The minimum atomic E-state index is -0.187. The molecule has 8 nitrogen and oxygen atoms in total. The number of nitrogens with zero attached hydrogens (tertiary/aromatic N) is 4. The molecule has 9 heteroatoms. The van der Waals surface area contributed by atoms with E-state index in [0.29, 0.717) is 45.0 Å². The van der Waals surface area contributed by atoms with Crippen molar-refractivity contribution in [3.63, 3.8) is 0 Å². The molecule has 0 unspecified atom stereocenters. The molecule has 3 heterocycles. The maximum Gasteiger partial charge on any atom is 0.266 e. The molecule has 0 spiro atoms. The Morgan fingerprint density at radius 2 is 1.80 bits per heavy atom. The molecule has 35 heavy (non-hydrogen) atoms. The van der Waals surface area contributed by atoms with Crippen LogP contribution in [0.4, 0.5) is 0 Å². The lowest BCUT2D eigenvalue weighted by Crippen LogP contribution is -2.22. The number of hydrogen-bond acceptors (Lipinski definition) is 8. The summed E-state index contributed by atoms with van der Waals surface area (Å²) in [4.78, 5) is 23.0. The first-order valence-electron chi connectivity index (χ1n) is 11.0. The van der Waals surface area contributed by atoms with Crippen LogP contribution in [0.5, 0.6) is 11.5 Å². The summed E-state index contributed by atoms with van der Waals surface area (Å²) in [5.74, 6) is 2.46. The summed E-state index contributed by atoms with van der Waals surface area (Å²) in [5, 5.41) is 5.11. The quantitative estimate of drug-likeness (QED) is 0.252. The molecule has 0 fully saturated rings. The van der Waals surface area contributed by atoms with Crippen molar-refractivity contribution in [2.24, 2.45) is 0 Å². The van der Waals surface area contributed by atoms with Crippen LogP contribution in [0.25, 0.3) is 28.0 Å². The van der Waals surface area contributed by atoms with Gasteiger partial charge in [0.05, 0.1) is 22.3 Å². The van der Waals surface area contributed by atoms with E-state index in [1.807, 2.05) is 62.4 Å². The van der Waals surface area contributed by atoms with Crippen LogP contribution in [0.2, 0.25) is 0 Å². The molecule has 0 aliphatic carbocycles. The minimum absolute atomic E-state index is 0.125. The van der Waals surface area contributed by atoms with Gasteiger partial charge in [0.25, 0.3) is 5.56 Å². The first-order valence-corrected chi connectivity index (χ1v) is 12.0. The van der Waals surface area contributed by atoms with E-state index in [4.69, 9.17) is 19.0 Å². The number of benzene rings is 3. The Morgan fingerprint density at radius 1 is 0.971 bits per heavy atom. The molecule has 6 rings (SSSR count). The maximum absolute atomic E-state index is 13.7. The fraction of sp³-hybridized carbons (Fsp3) is 0.154. The van der Waals surface area contributed by atoms with Gasteiger partial charge in [-0.3, -0.25) is 9.36 Å². The molecule has 2 aromatic heterocycles. The van der Waals surface area contributed by atoms with Crippen molar-refractivity contribution in [1.29, 1.82) is 0 Å². The zero-order valence-corrected chi connectivity index (χ0v) is 19.8. The van der Waals surface area contributed by atoms with Crippen molar-refractivity contribution in [2.45, 2.75) is 24.8 Å². The largest absolute Gasteiger partial charge is 0.454 e. The zero-order valence-electron chi connectivity index (χ0n) is 19.0. The number of ether oxygens (including phenoxy) is 2. The van der Waals surface area contributed by atoms with E-state index >= 15 is 0 Å². The maximum atomic E-state index is 13.7. The topological polar surface area (TPSA) is 92.3 Å². The molecule has 0 saturated heterocycles. The van der Waals surface area contributed by atoms with Crippen molar-refractivity contribution in [2.75, 3.05) is 6.79 Å². The summed E-state index contributed by atoms with van der Waals surface area (Å²) in [7, 11) is 0. The van der Waals surface area contributed by atoms with Crippen LogP contribution in [-0.4, -0.2) is 26.5 Å². The van der Waals surface area contributed by atoms with Crippen LogP contribution < -0.4 is 15.0 Å². The van der Waals surface area contributed by atoms with Crippen LogP contribution in [0.1, 0.15) is 17.0 Å². The molecule has 1 aliphatic heterocycles. The highest BCUT2D eigenvalue weighted by Gasteiger charge is 2.21. The van der Waals surface area contributed by atoms with Crippen molar-refractivity contribution in [1.82, 2.24) is 19.7 Å².